The number of benzene rings is 2. The van der Waals surface area contributed by atoms with Gasteiger partial charge in [-0.25, -0.2) is 0 Å². The summed E-state index contributed by atoms with van der Waals surface area (Å²) >= 11 is 1.02. The second-order valence-corrected chi connectivity index (χ2v) is 14.5. The number of nitrogens with zero attached hydrogens (tertiary/aromatic N) is 2. The molecule has 3 aromatic rings. The molecule has 248 valence electrons. The van der Waals surface area contributed by atoms with Gasteiger partial charge >= 0.3 is 13.3 Å². The van der Waals surface area contributed by atoms with E-state index in [1.807, 2.05) is 44.2 Å². The van der Waals surface area contributed by atoms with Crippen LogP contribution >= 0.6 is 18.9 Å². The zero-order chi connectivity index (χ0) is 33.2. The minimum absolute atomic E-state index is 0.142. The number of thiophene rings is 1. The fourth-order valence-corrected chi connectivity index (χ4v) is 7.68. The van der Waals surface area contributed by atoms with Crippen LogP contribution in [0.4, 0.5) is 8.78 Å². The summed E-state index contributed by atoms with van der Waals surface area (Å²) in [5.74, 6) is -1.27. The maximum Gasteiger partial charge on any atom is 0.399 e. The number of likely N-dealkylation sites (tertiary alicyclic amines) is 1. The lowest BCUT2D eigenvalue weighted by molar-refractivity contribution is -0.150. The van der Waals surface area contributed by atoms with Crippen molar-refractivity contribution < 1.29 is 42.3 Å². The van der Waals surface area contributed by atoms with Crippen LogP contribution in [0.15, 0.2) is 54.6 Å². The molecule has 2 aliphatic rings. The fourth-order valence-electron chi connectivity index (χ4n) is 6.26. The second kappa shape index (κ2) is 13.9. The zero-order valence-corrected chi connectivity index (χ0v) is 27.3. The first kappa shape index (κ1) is 34.1. The number of ether oxygens (including phenoxy) is 1. The molecular weight excluding hydrogens is 639 g/mol. The molecule has 46 heavy (non-hydrogen) atoms. The Hall–Kier alpha value is -3.22. The SMILES string of the molecule is CCC(CC)C(NC(=O)c1cc2cc(C(F)(F)P(=O)(O)O)ccc2s1)C(=O)N1CCCC1C(=O)N1CCOC(c2ccccc2)C1. The minimum atomic E-state index is -5.76. The van der Waals surface area contributed by atoms with E-state index >= 15 is 0 Å². The van der Waals surface area contributed by atoms with Crippen molar-refractivity contribution in [1.29, 1.82) is 0 Å². The molecule has 2 aliphatic heterocycles. The molecule has 3 atom stereocenters. The first-order chi connectivity index (χ1) is 21.8. The first-order valence-corrected chi connectivity index (χ1v) is 17.8. The lowest BCUT2D eigenvalue weighted by atomic mass is 9.92. The number of morpholine rings is 1. The van der Waals surface area contributed by atoms with Gasteiger partial charge in [0.1, 0.15) is 18.2 Å². The largest absolute Gasteiger partial charge is 0.399 e. The predicted molar refractivity (Wildman–Crippen MR) is 170 cm³/mol. The number of amides is 3. The Kier molecular flexibility index (Phi) is 10.3. The van der Waals surface area contributed by atoms with E-state index in [0.29, 0.717) is 56.6 Å². The number of hydrogen-bond acceptors (Lipinski definition) is 6. The highest BCUT2D eigenvalue weighted by molar-refractivity contribution is 7.52. The maximum absolute atomic E-state index is 14.3. The van der Waals surface area contributed by atoms with Gasteiger partial charge in [-0.15, -0.1) is 11.3 Å². The van der Waals surface area contributed by atoms with Crippen molar-refractivity contribution in [3.8, 4) is 0 Å². The van der Waals surface area contributed by atoms with E-state index in [2.05, 4.69) is 5.32 Å². The number of alkyl halides is 2. The molecule has 10 nitrogen and oxygen atoms in total. The standard InChI is InChI=1S/C32H38F2N3O7PS/c1-3-20(4-2)28(35-29(38)27-18-22-17-23(12-13-26(22)46-27)32(33,34)45(41,42)43)31(40)37-14-8-11-24(37)30(39)36-15-16-44-25(19-36)21-9-6-5-7-10-21/h5-7,9-10,12-13,17-18,20,24-25,28H,3-4,8,11,14-16,19H2,1-2H3,(H,35,38)(H2,41,42,43). The summed E-state index contributed by atoms with van der Waals surface area (Å²) in [6, 6.07) is 12.6. The fraction of sp³-hybridized carbons (Fsp3) is 0.469. The van der Waals surface area contributed by atoms with Crippen LogP contribution < -0.4 is 5.32 Å². The van der Waals surface area contributed by atoms with Gasteiger partial charge in [-0.05, 0) is 47.9 Å². The van der Waals surface area contributed by atoms with Crippen molar-refractivity contribution >= 4 is 46.7 Å². The Morgan fingerprint density at radius 1 is 1.09 bits per heavy atom. The van der Waals surface area contributed by atoms with Crippen LogP contribution in [-0.2, 0) is 24.6 Å². The normalized spacial score (nSPS) is 19.9. The van der Waals surface area contributed by atoms with Crippen molar-refractivity contribution in [2.24, 2.45) is 5.92 Å². The summed E-state index contributed by atoms with van der Waals surface area (Å²) in [7, 11) is -5.76. The quantitative estimate of drug-likeness (QED) is 0.249. The van der Waals surface area contributed by atoms with Crippen molar-refractivity contribution in [2.45, 2.75) is 63.4 Å². The van der Waals surface area contributed by atoms with Gasteiger partial charge in [0.2, 0.25) is 11.8 Å². The molecule has 0 saturated carbocycles. The lowest BCUT2D eigenvalue weighted by Crippen LogP contribution is -2.57. The van der Waals surface area contributed by atoms with Crippen LogP contribution in [0.3, 0.4) is 0 Å². The molecule has 5 rings (SSSR count). The Labute approximate surface area is 269 Å². The summed E-state index contributed by atoms with van der Waals surface area (Å²) in [6.07, 6.45) is 2.08. The Morgan fingerprint density at radius 3 is 2.48 bits per heavy atom. The van der Waals surface area contributed by atoms with Gasteiger partial charge in [-0.1, -0.05) is 63.1 Å². The molecule has 3 unspecified atom stereocenters. The third-order valence-electron chi connectivity index (χ3n) is 8.90. The van der Waals surface area contributed by atoms with Crippen molar-refractivity contribution in [2.75, 3.05) is 26.2 Å². The Balaban J connectivity index is 1.34. The highest BCUT2D eigenvalue weighted by Gasteiger charge is 2.50. The van der Waals surface area contributed by atoms with Gasteiger partial charge < -0.3 is 29.6 Å². The third kappa shape index (κ3) is 6.89. The highest BCUT2D eigenvalue weighted by atomic mass is 32.1. The van der Waals surface area contributed by atoms with E-state index in [9.17, 15) is 27.7 Å². The summed E-state index contributed by atoms with van der Waals surface area (Å²) < 4.78 is 46.4. The summed E-state index contributed by atoms with van der Waals surface area (Å²) in [5.41, 5.74) is -4.27. The number of carbonyl (C=O) groups is 3. The average Bonchev–Trinajstić information content (AvgIpc) is 3.72. The molecule has 14 heteroatoms. The Morgan fingerprint density at radius 2 is 1.80 bits per heavy atom. The third-order valence-corrected chi connectivity index (χ3v) is 11.0. The Bertz CT molecular complexity index is 1630. The zero-order valence-electron chi connectivity index (χ0n) is 25.6. The van der Waals surface area contributed by atoms with E-state index in [1.54, 1.807) is 9.80 Å². The van der Waals surface area contributed by atoms with Crippen LogP contribution in [0, 0.1) is 5.92 Å². The van der Waals surface area contributed by atoms with Crippen LogP contribution in [0.25, 0.3) is 10.1 Å². The summed E-state index contributed by atoms with van der Waals surface area (Å²) in [5, 5.41) is 3.09. The monoisotopic (exact) mass is 677 g/mol. The van der Waals surface area contributed by atoms with Gasteiger partial charge in [-0.2, -0.15) is 8.78 Å². The molecule has 0 spiro atoms. The first-order valence-electron chi connectivity index (χ1n) is 15.4. The van der Waals surface area contributed by atoms with Crippen LogP contribution in [-0.4, -0.2) is 75.6 Å². The number of nitrogens with one attached hydrogen (secondary N) is 1. The number of fused-ring (bicyclic) bond motifs is 1. The van der Waals surface area contributed by atoms with E-state index in [1.165, 1.54) is 12.1 Å². The molecule has 0 bridgehead atoms. The highest BCUT2D eigenvalue weighted by Crippen LogP contribution is 2.59. The molecule has 2 saturated heterocycles. The molecule has 0 aliphatic carbocycles. The molecule has 3 heterocycles. The van der Waals surface area contributed by atoms with Crippen molar-refractivity contribution in [3.63, 3.8) is 0 Å². The van der Waals surface area contributed by atoms with E-state index in [0.717, 1.165) is 29.0 Å². The van der Waals surface area contributed by atoms with Gasteiger partial charge in [0.05, 0.1) is 18.0 Å². The van der Waals surface area contributed by atoms with E-state index in [4.69, 9.17) is 14.5 Å². The minimum Gasteiger partial charge on any atom is -0.370 e. The van der Waals surface area contributed by atoms with E-state index < -0.39 is 36.8 Å². The van der Waals surface area contributed by atoms with Crippen molar-refractivity contribution in [3.05, 3.63) is 70.6 Å². The van der Waals surface area contributed by atoms with Gasteiger partial charge in [0.15, 0.2) is 0 Å². The smallest absolute Gasteiger partial charge is 0.370 e. The molecule has 3 amide bonds. The molecular formula is C32H38F2N3O7PS. The lowest BCUT2D eigenvalue weighted by Gasteiger charge is -2.37. The van der Waals surface area contributed by atoms with Gasteiger partial charge in [0.25, 0.3) is 5.91 Å². The predicted octanol–water partition coefficient (Wildman–Crippen LogP) is 5.25. The average molecular weight is 678 g/mol. The molecule has 3 N–H and O–H groups in total. The molecule has 0 radical (unpaired) electrons. The summed E-state index contributed by atoms with van der Waals surface area (Å²) in [4.78, 5) is 63.2. The number of hydrogen-bond donors (Lipinski definition) is 3. The molecule has 1 aromatic heterocycles. The molecule has 2 fully saturated rings. The topological polar surface area (TPSA) is 136 Å². The number of rotatable bonds is 10. The van der Waals surface area contributed by atoms with E-state index in [-0.39, 0.29) is 34.1 Å². The molecule has 2 aromatic carbocycles. The van der Waals surface area contributed by atoms with Gasteiger partial charge in [0, 0.05) is 23.4 Å². The number of carbonyl (C=O) groups excluding carboxylic acids is 3. The van der Waals surface area contributed by atoms with Crippen LogP contribution in [0.2, 0.25) is 0 Å². The summed E-state index contributed by atoms with van der Waals surface area (Å²) in [6.45, 7) is 5.41. The number of halogens is 2. The van der Waals surface area contributed by atoms with Gasteiger partial charge in [-0.3, -0.25) is 18.9 Å². The van der Waals surface area contributed by atoms with Crippen LogP contribution in [0.5, 0.6) is 0 Å². The second-order valence-electron chi connectivity index (χ2n) is 11.7. The van der Waals surface area contributed by atoms with Crippen molar-refractivity contribution in [1.82, 2.24) is 15.1 Å². The maximum atomic E-state index is 14.3. The van der Waals surface area contributed by atoms with Crippen LogP contribution in [0.1, 0.15) is 66.4 Å².